The van der Waals surface area contributed by atoms with Gasteiger partial charge in [-0.2, -0.15) is 0 Å². The molecule has 0 spiro atoms. The van der Waals surface area contributed by atoms with Crippen molar-refractivity contribution in [2.75, 3.05) is 13.6 Å². The number of carbonyl (C=O) groups is 1. The van der Waals surface area contributed by atoms with Crippen LogP contribution in [0, 0.1) is 0 Å². The van der Waals surface area contributed by atoms with Gasteiger partial charge in [-0.3, -0.25) is 4.79 Å². The minimum Gasteiger partial charge on any atom is -0.508 e. The minimum atomic E-state index is 0.0527. The van der Waals surface area contributed by atoms with Gasteiger partial charge in [0.25, 0.3) is 0 Å². The van der Waals surface area contributed by atoms with Gasteiger partial charge in [0.05, 0.1) is 6.42 Å². The maximum absolute atomic E-state index is 11.8. The second-order valence-electron chi connectivity index (χ2n) is 3.90. The molecule has 0 aliphatic carbocycles. The van der Waals surface area contributed by atoms with Gasteiger partial charge in [-0.1, -0.05) is 35.0 Å². The summed E-state index contributed by atoms with van der Waals surface area (Å²) in [6.07, 6.45) is 0.324. The van der Waals surface area contributed by atoms with Gasteiger partial charge in [0.2, 0.25) is 5.91 Å². The lowest BCUT2D eigenvalue weighted by Gasteiger charge is -2.18. The molecule has 16 heavy (non-hydrogen) atoms. The number of hydrogen-bond acceptors (Lipinski definition) is 2. The summed E-state index contributed by atoms with van der Waals surface area (Å²) in [5, 5.41) is 9.28. The molecule has 0 aliphatic heterocycles. The van der Waals surface area contributed by atoms with E-state index in [-0.39, 0.29) is 16.5 Å². The van der Waals surface area contributed by atoms with Crippen molar-refractivity contribution in [1.29, 1.82) is 0 Å². The van der Waals surface area contributed by atoms with E-state index in [9.17, 15) is 9.90 Å². The number of alkyl halides is 1. The highest BCUT2D eigenvalue weighted by atomic mass is 79.9. The smallest absolute Gasteiger partial charge is 0.226 e. The Morgan fingerprint density at radius 3 is 2.81 bits per heavy atom. The molecule has 3 nitrogen and oxygen atoms in total. The first-order chi connectivity index (χ1) is 7.49. The van der Waals surface area contributed by atoms with Crippen LogP contribution in [0.3, 0.4) is 0 Å². The van der Waals surface area contributed by atoms with Crippen LogP contribution >= 0.6 is 15.9 Å². The molecule has 0 saturated heterocycles. The lowest BCUT2D eigenvalue weighted by Crippen LogP contribution is -2.32. The minimum absolute atomic E-state index is 0.0527. The molecular formula is C12H16BrNO2. The zero-order chi connectivity index (χ0) is 12.1. The Hall–Kier alpha value is -1.03. The molecule has 0 fully saturated rings. The standard InChI is InChI=1S/C12H16BrNO2/c1-9(13)8-14(2)12(16)7-10-4-3-5-11(15)6-10/h3-6,9,15H,7-8H2,1-2H3. The highest BCUT2D eigenvalue weighted by Gasteiger charge is 2.11. The molecule has 0 heterocycles. The van der Waals surface area contributed by atoms with E-state index in [2.05, 4.69) is 15.9 Å². The largest absolute Gasteiger partial charge is 0.508 e. The number of phenols is 1. The zero-order valence-electron chi connectivity index (χ0n) is 9.48. The van der Waals surface area contributed by atoms with Gasteiger partial charge in [0.15, 0.2) is 0 Å². The maximum Gasteiger partial charge on any atom is 0.226 e. The Balaban J connectivity index is 2.57. The van der Waals surface area contributed by atoms with E-state index >= 15 is 0 Å². The quantitative estimate of drug-likeness (QED) is 0.862. The average Bonchev–Trinajstić information content (AvgIpc) is 2.16. The molecule has 1 unspecified atom stereocenters. The Labute approximate surface area is 104 Å². The fourth-order valence-electron chi connectivity index (χ4n) is 1.46. The maximum atomic E-state index is 11.8. The number of hydrogen-bond donors (Lipinski definition) is 1. The second kappa shape index (κ2) is 5.89. The lowest BCUT2D eigenvalue weighted by molar-refractivity contribution is -0.129. The van der Waals surface area contributed by atoms with Crippen molar-refractivity contribution in [3.8, 4) is 5.75 Å². The Bertz CT molecular complexity index is 366. The summed E-state index contributed by atoms with van der Waals surface area (Å²) in [6.45, 7) is 2.68. The SMILES string of the molecule is CC(Br)CN(C)C(=O)Cc1cccc(O)c1. The van der Waals surface area contributed by atoms with Crippen LogP contribution < -0.4 is 0 Å². The first kappa shape index (κ1) is 13.0. The van der Waals surface area contributed by atoms with Gasteiger partial charge >= 0.3 is 0 Å². The topological polar surface area (TPSA) is 40.5 Å². The van der Waals surface area contributed by atoms with E-state index in [1.165, 1.54) is 0 Å². The van der Waals surface area contributed by atoms with E-state index in [4.69, 9.17) is 0 Å². The van der Waals surface area contributed by atoms with Crippen LogP contribution in [0.4, 0.5) is 0 Å². The van der Waals surface area contributed by atoms with Crippen LogP contribution in [0.25, 0.3) is 0 Å². The summed E-state index contributed by atoms with van der Waals surface area (Å²) in [6, 6.07) is 6.79. The number of likely N-dealkylation sites (N-methyl/N-ethyl adjacent to an activating group) is 1. The highest BCUT2D eigenvalue weighted by molar-refractivity contribution is 9.09. The van der Waals surface area contributed by atoms with Crippen LogP contribution in [0.15, 0.2) is 24.3 Å². The highest BCUT2D eigenvalue weighted by Crippen LogP contribution is 2.12. The van der Waals surface area contributed by atoms with E-state index in [0.29, 0.717) is 13.0 Å². The number of rotatable bonds is 4. The zero-order valence-corrected chi connectivity index (χ0v) is 11.1. The molecule has 1 rings (SSSR count). The van der Waals surface area contributed by atoms with Crippen LogP contribution in [0.5, 0.6) is 5.75 Å². The van der Waals surface area contributed by atoms with Crippen LogP contribution in [-0.4, -0.2) is 34.3 Å². The molecule has 4 heteroatoms. The van der Waals surface area contributed by atoms with Gasteiger partial charge in [-0.15, -0.1) is 0 Å². The molecule has 0 aromatic heterocycles. The van der Waals surface area contributed by atoms with Gasteiger partial charge in [0.1, 0.15) is 5.75 Å². The van der Waals surface area contributed by atoms with E-state index in [0.717, 1.165) is 5.56 Å². The summed E-state index contributed by atoms with van der Waals surface area (Å²) < 4.78 is 0. The predicted molar refractivity (Wildman–Crippen MR) is 67.8 cm³/mol. The number of carbonyl (C=O) groups excluding carboxylic acids is 1. The number of amides is 1. The first-order valence-corrected chi connectivity index (χ1v) is 6.06. The van der Waals surface area contributed by atoms with Crippen molar-refractivity contribution >= 4 is 21.8 Å². The number of halogens is 1. The molecule has 1 amide bonds. The molecule has 1 N–H and O–H groups in total. The molecule has 0 bridgehead atoms. The van der Waals surface area contributed by atoms with E-state index < -0.39 is 0 Å². The third-order valence-corrected chi connectivity index (χ3v) is 2.51. The molecule has 0 saturated carbocycles. The van der Waals surface area contributed by atoms with Crippen molar-refractivity contribution in [1.82, 2.24) is 4.90 Å². The van der Waals surface area contributed by atoms with Crippen molar-refractivity contribution < 1.29 is 9.90 Å². The Morgan fingerprint density at radius 1 is 1.56 bits per heavy atom. The first-order valence-electron chi connectivity index (χ1n) is 5.15. The fourth-order valence-corrected chi connectivity index (χ4v) is 1.89. The molecular weight excluding hydrogens is 270 g/mol. The Kier molecular flexibility index (Phi) is 4.80. The van der Waals surface area contributed by atoms with Crippen molar-refractivity contribution in [2.45, 2.75) is 18.2 Å². The van der Waals surface area contributed by atoms with Crippen molar-refractivity contribution in [3.63, 3.8) is 0 Å². The van der Waals surface area contributed by atoms with Gasteiger partial charge < -0.3 is 10.0 Å². The van der Waals surface area contributed by atoms with E-state index in [1.807, 2.05) is 13.0 Å². The fraction of sp³-hybridized carbons (Fsp3) is 0.417. The molecule has 1 atom stereocenters. The summed E-state index contributed by atoms with van der Waals surface area (Å²) >= 11 is 3.41. The van der Waals surface area contributed by atoms with Gasteiger partial charge in [-0.25, -0.2) is 0 Å². The van der Waals surface area contributed by atoms with Crippen LogP contribution in [0.2, 0.25) is 0 Å². The van der Waals surface area contributed by atoms with Crippen LogP contribution in [0.1, 0.15) is 12.5 Å². The summed E-state index contributed by atoms with van der Waals surface area (Å²) in [5.74, 6) is 0.249. The molecule has 0 aliphatic rings. The number of aromatic hydroxyl groups is 1. The monoisotopic (exact) mass is 285 g/mol. The van der Waals surface area contributed by atoms with Crippen LogP contribution in [-0.2, 0) is 11.2 Å². The van der Waals surface area contributed by atoms with E-state index in [1.54, 1.807) is 30.1 Å². The predicted octanol–water partition coefficient (Wildman–Crippen LogP) is 2.18. The third kappa shape index (κ3) is 4.23. The summed E-state index contributed by atoms with van der Waals surface area (Å²) in [7, 11) is 1.78. The van der Waals surface area contributed by atoms with Crippen molar-refractivity contribution in [2.24, 2.45) is 0 Å². The third-order valence-electron chi connectivity index (χ3n) is 2.22. The number of benzene rings is 1. The normalized spacial score (nSPS) is 12.2. The molecule has 88 valence electrons. The molecule has 0 radical (unpaired) electrons. The van der Waals surface area contributed by atoms with Gasteiger partial charge in [0, 0.05) is 18.4 Å². The number of phenolic OH excluding ortho intramolecular Hbond substituents is 1. The Morgan fingerprint density at radius 2 is 2.25 bits per heavy atom. The summed E-state index contributed by atoms with van der Waals surface area (Å²) in [4.78, 5) is 13.7. The summed E-state index contributed by atoms with van der Waals surface area (Å²) in [5.41, 5.74) is 0.832. The molecule has 1 aromatic carbocycles. The average molecular weight is 286 g/mol. The number of nitrogens with zero attached hydrogens (tertiary/aromatic N) is 1. The van der Waals surface area contributed by atoms with Gasteiger partial charge in [-0.05, 0) is 17.7 Å². The lowest BCUT2D eigenvalue weighted by atomic mass is 10.1. The van der Waals surface area contributed by atoms with Crippen molar-refractivity contribution in [3.05, 3.63) is 29.8 Å². The molecule has 1 aromatic rings. The second-order valence-corrected chi connectivity index (χ2v) is 5.46.